The Morgan fingerprint density at radius 2 is 1.33 bits per heavy atom. The van der Waals surface area contributed by atoms with Gasteiger partial charge < -0.3 is 30.3 Å². The molecule has 0 radical (unpaired) electrons. The number of hydrogen-bond donors (Lipinski definition) is 5. The lowest BCUT2D eigenvalue weighted by Gasteiger charge is -2.21. The van der Waals surface area contributed by atoms with Crippen molar-refractivity contribution >= 4 is 11.6 Å². The summed E-state index contributed by atoms with van der Waals surface area (Å²) >= 11 is 0. The van der Waals surface area contributed by atoms with Crippen molar-refractivity contribution in [2.75, 3.05) is 7.11 Å². The van der Waals surface area contributed by atoms with Crippen molar-refractivity contribution in [2.24, 2.45) is 5.92 Å². The van der Waals surface area contributed by atoms with Gasteiger partial charge in [-0.1, -0.05) is 20.8 Å². The van der Waals surface area contributed by atoms with E-state index in [4.69, 9.17) is 4.74 Å². The molecule has 180 valence electrons. The first-order valence-electron chi connectivity index (χ1n) is 10.9. The van der Waals surface area contributed by atoms with Crippen molar-refractivity contribution < 1.29 is 39.9 Å². The zero-order valence-corrected chi connectivity index (χ0v) is 19.9. The Kier molecular flexibility index (Phi) is 7.84. The van der Waals surface area contributed by atoms with Gasteiger partial charge in [0.05, 0.1) is 7.11 Å². The highest BCUT2D eigenvalue weighted by Crippen LogP contribution is 2.48. The number of benzene rings is 2. The molecule has 5 N–H and O–H groups in total. The summed E-state index contributed by atoms with van der Waals surface area (Å²) in [7, 11) is 1.32. The number of methoxy groups -OCH3 is 1. The molecule has 0 bridgehead atoms. The molecule has 1 unspecified atom stereocenters. The first kappa shape index (κ1) is 25.8. The Bertz CT molecular complexity index is 1100. The number of ether oxygens (including phenoxy) is 1. The van der Waals surface area contributed by atoms with Gasteiger partial charge in [-0.3, -0.25) is 9.59 Å². The minimum Gasteiger partial charge on any atom is -0.507 e. The van der Waals surface area contributed by atoms with Crippen LogP contribution in [-0.4, -0.2) is 44.2 Å². The van der Waals surface area contributed by atoms with Crippen LogP contribution in [0.2, 0.25) is 0 Å². The molecule has 0 saturated heterocycles. The molecule has 33 heavy (non-hydrogen) atoms. The first-order chi connectivity index (χ1) is 15.4. The van der Waals surface area contributed by atoms with Crippen LogP contribution < -0.4 is 4.74 Å². The summed E-state index contributed by atoms with van der Waals surface area (Å²) in [6, 6.07) is 0. The van der Waals surface area contributed by atoms with Crippen molar-refractivity contribution in [2.45, 2.75) is 60.3 Å². The normalized spacial score (nSPS) is 11.9. The molecule has 2 aromatic carbocycles. The minimum absolute atomic E-state index is 0.0269. The molecule has 2 aromatic rings. The third kappa shape index (κ3) is 4.42. The number of hydrogen-bond acceptors (Lipinski definition) is 8. The van der Waals surface area contributed by atoms with Crippen LogP contribution >= 0.6 is 0 Å². The molecule has 0 aliphatic rings. The summed E-state index contributed by atoms with van der Waals surface area (Å²) in [4.78, 5) is 25.5. The molecular weight excluding hydrogens is 428 g/mol. The lowest BCUT2D eigenvalue weighted by molar-refractivity contribution is 0.0920. The number of aromatic hydroxyl groups is 5. The van der Waals surface area contributed by atoms with Crippen LogP contribution in [0.5, 0.6) is 34.5 Å². The average molecular weight is 461 g/mol. The van der Waals surface area contributed by atoms with Crippen molar-refractivity contribution in [3.63, 3.8) is 0 Å². The van der Waals surface area contributed by atoms with E-state index in [9.17, 15) is 35.1 Å². The molecule has 8 heteroatoms. The lowest BCUT2D eigenvalue weighted by atomic mass is 9.88. The fourth-order valence-corrected chi connectivity index (χ4v) is 3.84. The Morgan fingerprint density at radius 1 is 0.818 bits per heavy atom. The van der Waals surface area contributed by atoms with Gasteiger partial charge in [-0.2, -0.15) is 0 Å². The zero-order valence-electron chi connectivity index (χ0n) is 19.9. The molecule has 0 aliphatic carbocycles. The van der Waals surface area contributed by atoms with Crippen molar-refractivity contribution in [3.05, 3.63) is 33.4 Å². The molecule has 0 spiro atoms. The molecule has 0 saturated carbocycles. The molecule has 0 aliphatic heterocycles. The number of phenolic OH excluding ortho intramolecular Hbond substituents is 5. The Balaban J connectivity index is 2.82. The molecular formula is C25H32O8. The van der Waals surface area contributed by atoms with E-state index in [1.54, 1.807) is 20.8 Å². The third-order valence-electron chi connectivity index (χ3n) is 6.11. The number of phenols is 5. The average Bonchev–Trinajstić information content (AvgIpc) is 2.78. The van der Waals surface area contributed by atoms with E-state index < -0.39 is 41.1 Å². The summed E-state index contributed by atoms with van der Waals surface area (Å²) < 4.78 is 5.26. The van der Waals surface area contributed by atoms with Crippen molar-refractivity contribution in [1.82, 2.24) is 0 Å². The molecule has 0 heterocycles. The van der Waals surface area contributed by atoms with E-state index >= 15 is 0 Å². The fraction of sp³-hybridized carbons (Fsp3) is 0.440. The minimum atomic E-state index is -0.644. The van der Waals surface area contributed by atoms with Crippen LogP contribution in [0, 0.1) is 19.8 Å². The highest BCUT2D eigenvalue weighted by Gasteiger charge is 2.31. The number of ketones is 2. The molecule has 8 nitrogen and oxygen atoms in total. The van der Waals surface area contributed by atoms with Gasteiger partial charge in [0.25, 0.3) is 0 Å². The smallest absolute Gasteiger partial charge is 0.173 e. The Hall–Kier alpha value is -3.42. The SMILES string of the molecule is CCCC(=O)c1c(O)c(Cc2c(O)c(C)c(O)c(C(=O)C(C)CC)c2O)c(O)c(C)c1OC. The van der Waals surface area contributed by atoms with Crippen molar-refractivity contribution in [3.8, 4) is 34.5 Å². The van der Waals surface area contributed by atoms with Gasteiger partial charge in [-0.15, -0.1) is 0 Å². The van der Waals surface area contributed by atoms with E-state index in [1.165, 1.54) is 21.0 Å². The van der Waals surface area contributed by atoms with Crippen LogP contribution in [0.1, 0.15) is 83.0 Å². The summed E-state index contributed by atoms with van der Waals surface area (Å²) in [6.45, 7) is 8.14. The van der Waals surface area contributed by atoms with Crippen LogP contribution in [0.3, 0.4) is 0 Å². The summed E-state index contributed by atoms with van der Waals surface area (Å²) in [5.74, 6) is -3.93. The number of carbonyl (C=O) groups is 2. The van der Waals surface area contributed by atoms with Gasteiger partial charge >= 0.3 is 0 Å². The summed E-state index contributed by atoms with van der Waals surface area (Å²) in [6.07, 6.45) is 0.718. The number of Topliss-reactive ketones (excluding diaryl/α,β-unsaturated/α-hetero) is 2. The number of rotatable bonds is 9. The van der Waals surface area contributed by atoms with Gasteiger partial charge in [-0.05, 0) is 26.7 Å². The highest BCUT2D eigenvalue weighted by molar-refractivity contribution is 6.04. The maximum absolute atomic E-state index is 12.8. The molecule has 1 atom stereocenters. The first-order valence-corrected chi connectivity index (χ1v) is 10.9. The predicted octanol–water partition coefficient (Wildman–Crippen LogP) is 4.64. The van der Waals surface area contributed by atoms with E-state index in [-0.39, 0.29) is 57.1 Å². The van der Waals surface area contributed by atoms with Crippen LogP contribution in [-0.2, 0) is 6.42 Å². The lowest BCUT2D eigenvalue weighted by Crippen LogP contribution is -2.12. The standard InChI is InChI=1S/C25H32O8/c1-7-9-16(26)17-23(31)15(21(29)13(5)25(17)33-6)10-14-20(28)12(4)22(30)18(24(14)32)19(27)11(3)8-2/h11,28-32H,7-10H2,1-6H3. The summed E-state index contributed by atoms with van der Waals surface area (Å²) in [5, 5.41) is 53.7. The second kappa shape index (κ2) is 10.0. The highest BCUT2D eigenvalue weighted by atomic mass is 16.5. The second-order valence-electron chi connectivity index (χ2n) is 8.26. The molecule has 0 fully saturated rings. The molecule has 2 rings (SSSR count). The van der Waals surface area contributed by atoms with E-state index in [1.807, 2.05) is 0 Å². The summed E-state index contributed by atoms with van der Waals surface area (Å²) in [5.41, 5.74) is -0.543. The second-order valence-corrected chi connectivity index (χ2v) is 8.26. The largest absolute Gasteiger partial charge is 0.507 e. The van der Waals surface area contributed by atoms with Gasteiger partial charge in [0.15, 0.2) is 11.6 Å². The fourth-order valence-electron chi connectivity index (χ4n) is 3.84. The predicted molar refractivity (Wildman–Crippen MR) is 123 cm³/mol. The van der Waals surface area contributed by atoms with E-state index in [0.29, 0.717) is 12.8 Å². The van der Waals surface area contributed by atoms with Gasteiger partial charge in [-0.25, -0.2) is 0 Å². The maximum Gasteiger partial charge on any atom is 0.173 e. The van der Waals surface area contributed by atoms with Crippen LogP contribution in [0.4, 0.5) is 0 Å². The number of carbonyl (C=O) groups excluding carboxylic acids is 2. The topological polar surface area (TPSA) is 145 Å². The monoisotopic (exact) mass is 460 g/mol. The van der Waals surface area contributed by atoms with Gasteiger partial charge in [0.1, 0.15) is 45.6 Å². The Morgan fingerprint density at radius 3 is 1.82 bits per heavy atom. The van der Waals surface area contributed by atoms with E-state index in [0.717, 1.165) is 0 Å². The maximum atomic E-state index is 12.8. The molecule has 0 aromatic heterocycles. The van der Waals surface area contributed by atoms with Gasteiger partial charge in [0, 0.05) is 41.0 Å². The quantitative estimate of drug-likeness (QED) is 0.340. The van der Waals surface area contributed by atoms with E-state index in [2.05, 4.69) is 0 Å². The van der Waals surface area contributed by atoms with Crippen molar-refractivity contribution in [1.29, 1.82) is 0 Å². The Labute approximate surface area is 193 Å². The molecule has 0 amide bonds. The van der Waals surface area contributed by atoms with Gasteiger partial charge in [0.2, 0.25) is 0 Å². The van der Waals surface area contributed by atoms with Crippen LogP contribution in [0.15, 0.2) is 0 Å². The van der Waals surface area contributed by atoms with Crippen LogP contribution in [0.25, 0.3) is 0 Å². The zero-order chi connectivity index (χ0) is 25.2. The third-order valence-corrected chi connectivity index (χ3v) is 6.11.